The van der Waals surface area contributed by atoms with Crippen LogP contribution in [0.25, 0.3) is 0 Å². The molecule has 2 unspecified atom stereocenters. The molecular formula is C76H148O17P2. The van der Waals surface area contributed by atoms with Gasteiger partial charge in [0.1, 0.15) is 19.3 Å². The number of hydrogen-bond donors (Lipinski definition) is 3. The lowest BCUT2D eigenvalue weighted by atomic mass is 10.0. The summed E-state index contributed by atoms with van der Waals surface area (Å²) in [6, 6.07) is 0. The van der Waals surface area contributed by atoms with Crippen molar-refractivity contribution in [3.63, 3.8) is 0 Å². The molecule has 0 aromatic carbocycles. The topological polar surface area (TPSA) is 237 Å². The molecule has 0 amide bonds. The Morgan fingerprint density at radius 2 is 0.484 bits per heavy atom. The van der Waals surface area contributed by atoms with E-state index in [4.69, 9.17) is 37.0 Å². The van der Waals surface area contributed by atoms with Crippen LogP contribution in [-0.4, -0.2) is 96.7 Å². The molecule has 95 heavy (non-hydrogen) atoms. The van der Waals surface area contributed by atoms with Crippen molar-refractivity contribution in [1.82, 2.24) is 0 Å². The van der Waals surface area contributed by atoms with Gasteiger partial charge in [-0.1, -0.05) is 337 Å². The molecule has 0 saturated carbocycles. The highest BCUT2D eigenvalue weighted by Gasteiger charge is 2.30. The Kier molecular flexibility index (Phi) is 65.2. The van der Waals surface area contributed by atoms with Gasteiger partial charge in [-0.2, -0.15) is 0 Å². The number of carbonyl (C=O) groups is 4. The SMILES string of the molecule is CCCCCCCCCCCCCCC(=O)O[C@H](COC(=O)CCCCCCCCC(C)C)COP(=O)(O)OC[C@H](O)COP(=O)(O)OC[C@@H](COC(=O)CCCCCCCCCCCCC(C)C)OC(=O)CCCCCCCCCCCCCCCCCCCCC(C)C. The molecule has 0 aromatic heterocycles. The zero-order valence-corrected chi connectivity index (χ0v) is 63.9. The summed E-state index contributed by atoms with van der Waals surface area (Å²) in [6.07, 6.45) is 52.9. The van der Waals surface area contributed by atoms with Gasteiger partial charge in [-0.3, -0.25) is 37.3 Å². The first-order chi connectivity index (χ1) is 45.7. The molecule has 0 fully saturated rings. The van der Waals surface area contributed by atoms with Gasteiger partial charge in [0.05, 0.1) is 26.4 Å². The summed E-state index contributed by atoms with van der Waals surface area (Å²) in [5.74, 6) is 0.139. The largest absolute Gasteiger partial charge is 0.472 e. The molecule has 0 aliphatic rings. The molecule has 3 N–H and O–H groups in total. The average molecular weight is 1400 g/mol. The van der Waals surface area contributed by atoms with E-state index in [9.17, 15) is 43.2 Å². The van der Waals surface area contributed by atoms with E-state index < -0.39 is 97.5 Å². The van der Waals surface area contributed by atoms with Gasteiger partial charge in [-0.25, -0.2) is 9.13 Å². The zero-order chi connectivity index (χ0) is 70.1. The number of esters is 4. The molecule has 0 bridgehead atoms. The van der Waals surface area contributed by atoms with Crippen molar-refractivity contribution >= 4 is 39.5 Å². The Balaban J connectivity index is 5.19. The molecule has 17 nitrogen and oxygen atoms in total. The standard InChI is InChI=1S/C76H148O17P2/c1-8-9-10-11-12-13-14-24-31-36-45-52-59-75(80)93-72(64-87-74(79)58-51-44-39-38-42-49-56-69(6)7)66-91-95(84,85)89-62-70(77)61-88-94(82,83)90-65-71(63-86-73(78)57-50-43-35-30-27-26-29-34-41-48-55-68(4)5)92-76(81)60-53-46-37-32-25-22-20-18-16-15-17-19-21-23-28-33-40-47-54-67(2)3/h67-72,77H,8-66H2,1-7H3,(H,82,83)(H,84,85)/t70-,71-,72-/m1/s1. The number of rotatable bonds is 74. The van der Waals surface area contributed by atoms with Crippen LogP contribution in [0.3, 0.4) is 0 Å². The minimum Gasteiger partial charge on any atom is -0.462 e. The van der Waals surface area contributed by atoms with Gasteiger partial charge in [-0.05, 0) is 43.4 Å². The maximum absolute atomic E-state index is 13.1. The minimum absolute atomic E-state index is 0.106. The van der Waals surface area contributed by atoms with Crippen molar-refractivity contribution in [3.8, 4) is 0 Å². The zero-order valence-electron chi connectivity index (χ0n) is 62.1. The molecule has 0 rings (SSSR count). The van der Waals surface area contributed by atoms with Crippen LogP contribution in [0.1, 0.15) is 389 Å². The van der Waals surface area contributed by atoms with Crippen LogP contribution in [0.4, 0.5) is 0 Å². The highest BCUT2D eigenvalue weighted by atomic mass is 31.2. The van der Waals surface area contributed by atoms with Gasteiger partial charge in [-0.15, -0.1) is 0 Å². The first-order valence-electron chi connectivity index (χ1n) is 39.3. The Hall–Kier alpha value is -1.94. The minimum atomic E-state index is -4.96. The highest BCUT2D eigenvalue weighted by Crippen LogP contribution is 2.45. The fourth-order valence-electron chi connectivity index (χ4n) is 11.6. The molecule has 0 heterocycles. The molecule has 564 valence electrons. The second-order valence-corrected chi connectivity index (χ2v) is 31.7. The van der Waals surface area contributed by atoms with E-state index in [1.807, 2.05) is 0 Å². The molecular weight excluding hydrogens is 1250 g/mol. The fraction of sp³-hybridized carbons (Fsp3) is 0.947. The second kappa shape index (κ2) is 66.6. The number of hydrogen-bond acceptors (Lipinski definition) is 15. The molecule has 0 radical (unpaired) electrons. The molecule has 19 heteroatoms. The van der Waals surface area contributed by atoms with Crippen LogP contribution in [0.15, 0.2) is 0 Å². The van der Waals surface area contributed by atoms with Gasteiger partial charge >= 0.3 is 39.5 Å². The average Bonchev–Trinajstić information content (AvgIpc) is 1.56. The van der Waals surface area contributed by atoms with Crippen LogP contribution in [0, 0.1) is 17.8 Å². The first kappa shape index (κ1) is 93.1. The maximum Gasteiger partial charge on any atom is 0.472 e. The Labute approximate surface area is 581 Å². The number of phosphoric ester groups is 2. The quantitative estimate of drug-likeness (QED) is 0.0222. The number of unbranched alkanes of at least 4 members (excludes halogenated alkanes) is 42. The number of aliphatic hydroxyl groups is 1. The van der Waals surface area contributed by atoms with Crippen molar-refractivity contribution in [2.24, 2.45) is 17.8 Å². The smallest absolute Gasteiger partial charge is 0.462 e. The second-order valence-electron chi connectivity index (χ2n) is 28.8. The first-order valence-corrected chi connectivity index (χ1v) is 42.3. The van der Waals surface area contributed by atoms with Crippen molar-refractivity contribution < 1.29 is 80.2 Å². The van der Waals surface area contributed by atoms with Crippen LogP contribution >= 0.6 is 15.6 Å². The Morgan fingerprint density at radius 1 is 0.284 bits per heavy atom. The summed E-state index contributed by atoms with van der Waals surface area (Å²) < 4.78 is 68.5. The molecule has 0 aliphatic heterocycles. The van der Waals surface area contributed by atoms with E-state index in [1.165, 1.54) is 193 Å². The molecule has 0 aromatic rings. The summed E-state index contributed by atoms with van der Waals surface area (Å²) in [5, 5.41) is 10.6. The highest BCUT2D eigenvalue weighted by molar-refractivity contribution is 7.47. The lowest BCUT2D eigenvalue weighted by Gasteiger charge is -2.21. The van der Waals surface area contributed by atoms with E-state index in [0.717, 1.165) is 108 Å². The van der Waals surface area contributed by atoms with Crippen LogP contribution in [0.5, 0.6) is 0 Å². The monoisotopic (exact) mass is 1400 g/mol. The summed E-state index contributed by atoms with van der Waals surface area (Å²) in [7, 11) is -9.91. The number of carbonyl (C=O) groups excluding carboxylic acids is 4. The van der Waals surface area contributed by atoms with Crippen molar-refractivity contribution in [2.45, 2.75) is 407 Å². The molecule has 0 aliphatic carbocycles. The van der Waals surface area contributed by atoms with Crippen molar-refractivity contribution in [2.75, 3.05) is 39.6 Å². The van der Waals surface area contributed by atoms with Gasteiger partial charge in [0.2, 0.25) is 0 Å². The third-order valence-electron chi connectivity index (χ3n) is 17.6. The van der Waals surface area contributed by atoms with E-state index in [1.54, 1.807) is 0 Å². The van der Waals surface area contributed by atoms with E-state index in [2.05, 4.69) is 48.5 Å². The van der Waals surface area contributed by atoms with E-state index >= 15 is 0 Å². The number of aliphatic hydroxyl groups excluding tert-OH is 1. The Bertz CT molecular complexity index is 1850. The summed E-state index contributed by atoms with van der Waals surface area (Å²) in [6.45, 7) is 11.8. The van der Waals surface area contributed by atoms with E-state index in [0.29, 0.717) is 31.6 Å². The van der Waals surface area contributed by atoms with Gasteiger partial charge in [0, 0.05) is 25.7 Å². The lowest BCUT2D eigenvalue weighted by molar-refractivity contribution is -0.161. The number of phosphoric acid groups is 2. The van der Waals surface area contributed by atoms with Gasteiger partial charge in [0.25, 0.3) is 0 Å². The summed E-state index contributed by atoms with van der Waals surface area (Å²) in [4.78, 5) is 72.7. The van der Waals surface area contributed by atoms with Gasteiger partial charge in [0.15, 0.2) is 12.2 Å². The van der Waals surface area contributed by atoms with Crippen molar-refractivity contribution in [1.29, 1.82) is 0 Å². The van der Waals surface area contributed by atoms with Gasteiger partial charge < -0.3 is 33.8 Å². The number of ether oxygens (including phenoxy) is 4. The van der Waals surface area contributed by atoms with E-state index in [-0.39, 0.29) is 25.7 Å². The van der Waals surface area contributed by atoms with Crippen LogP contribution in [0.2, 0.25) is 0 Å². The summed E-state index contributed by atoms with van der Waals surface area (Å²) >= 11 is 0. The van der Waals surface area contributed by atoms with Crippen LogP contribution < -0.4 is 0 Å². The van der Waals surface area contributed by atoms with Crippen molar-refractivity contribution in [3.05, 3.63) is 0 Å². The van der Waals surface area contributed by atoms with Crippen LogP contribution in [-0.2, 0) is 65.4 Å². The fourth-order valence-corrected chi connectivity index (χ4v) is 13.2. The normalized spacial score (nSPS) is 14.1. The third-order valence-corrected chi connectivity index (χ3v) is 19.5. The lowest BCUT2D eigenvalue weighted by Crippen LogP contribution is -2.30. The maximum atomic E-state index is 13.1. The molecule has 0 spiro atoms. The predicted octanol–water partition coefficient (Wildman–Crippen LogP) is 22.2. The third kappa shape index (κ3) is 70.3. The molecule has 5 atom stereocenters. The predicted molar refractivity (Wildman–Crippen MR) is 386 cm³/mol. The Morgan fingerprint density at radius 3 is 0.716 bits per heavy atom. The summed E-state index contributed by atoms with van der Waals surface area (Å²) in [5.41, 5.74) is 0. The molecule has 0 saturated heterocycles.